The maximum absolute atomic E-state index is 14.2. The second-order valence-electron chi connectivity index (χ2n) is 6.43. The zero-order valence-electron chi connectivity index (χ0n) is 15.4. The fourth-order valence-corrected chi connectivity index (χ4v) is 3.71. The molecule has 3 rings (SSSR count). The van der Waals surface area contributed by atoms with Gasteiger partial charge in [-0.15, -0.1) is 0 Å². The van der Waals surface area contributed by atoms with E-state index in [4.69, 9.17) is 0 Å². The Labute approximate surface area is 164 Å². The first-order chi connectivity index (χ1) is 13.6. The molecule has 0 amide bonds. The maximum atomic E-state index is 14.2. The summed E-state index contributed by atoms with van der Waals surface area (Å²) in [6.45, 7) is 3.19. The monoisotopic (exact) mass is 419 g/mol. The minimum absolute atomic E-state index is 0.0662. The van der Waals surface area contributed by atoms with Crippen LogP contribution in [0.5, 0.6) is 0 Å². The Balaban J connectivity index is 1.91. The number of aromatic nitrogens is 2. The highest BCUT2D eigenvalue weighted by Crippen LogP contribution is 2.38. The second-order valence-corrected chi connectivity index (χ2v) is 9.61. The summed E-state index contributed by atoms with van der Waals surface area (Å²) in [5, 5.41) is 16.9. The van der Waals surface area contributed by atoms with Gasteiger partial charge in [0, 0.05) is 17.1 Å². The van der Waals surface area contributed by atoms with Crippen molar-refractivity contribution in [1.82, 2.24) is 9.97 Å². The molecule has 150 valence electrons. The summed E-state index contributed by atoms with van der Waals surface area (Å²) in [5.74, 6) is -1.98. The lowest BCUT2D eigenvalue weighted by Crippen LogP contribution is -2.11. The topological polar surface area (TPSA) is 110 Å². The zero-order valence-corrected chi connectivity index (χ0v) is 16.3. The van der Waals surface area contributed by atoms with E-state index in [0.717, 1.165) is 18.3 Å². The normalized spacial score (nSPS) is 11.2. The number of nitrogens with one attached hydrogen (secondary N) is 2. The Bertz CT molecular complexity index is 1140. The first-order valence-corrected chi connectivity index (χ1v) is 10.9. The van der Waals surface area contributed by atoms with Gasteiger partial charge in [-0.3, -0.25) is 10.1 Å². The number of hydrogen-bond acceptors (Lipinski definition) is 7. The first kappa shape index (κ1) is 20.3. The summed E-state index contributed by atoms with van der Waals surface area (Å²) in [5.41, 5.74) is -0.129. The van der Waals surface area contributed by atoms with E-state index in [9.17, 15) is 23.5 Å². The quantitative estimate of drug-likeness (QED) is 0.346. The Hall–Kier alpha value is -3.39. The average Bonchev–Trinajstić information content (AvgIpc) is 2.65. The van der Waals surface area contributed by atoms with Crippen LogP contribution in [0.4, 0.5) is 37.6 Å². The SMILES string of the molecule is CP(C)(=O)c1ccccc1Nc1nc(Nc2ccc(F)c([N+](=O)[O-])c2)ncc1F. The van der Waals surface area contributed by atoms with E-state index in [1.807, 2.05) is 0 Å². The Morgan fingerprint density at radius 3 is 2.48 bits per heavy atom. The van der Waals surface area contributed by atoms with Crippen molar-refractivity contribution < 1.29 is 18.3 Å². The van der Waals surface area contributed by atoms with Crippen molar-refractivity contribution in [3.8, 4) is 0 Å². The average molecular weight is 419 g/mol. The van der Waals surface area contributed by atoms with E-state index in [1.165, 1.54) is 6.07 Å². The van der Waals surface area contributed by atoms with Gasteiger partial charge in [-0.25, -0.2) is 9.37 Å². The molecule has 0 radical (unpaired) electrons. The molecule has 11 heteroatoms. The fraction of sp³-hybridized carbons (Fsp3) is 0.111. The molecule has 0 saturated heterocycles. The number of nitro benzene ring substituents is 1. The van der Waals surface area contributed by atoms with Gasteiger partial charge in [0.15, 0.2) is 11.6 Å². The van der Waals surface area contributed by atoms with Gasteiger partial charge >= 0.3 is 5.69 Å². The minimum atomic E-state index is -2.64. The molecule has 0 bridgehead atoms. The number of halogens is 2. The predicted molar refractivity (Wildman–Crippen MR) is 107 cm³/mol. The Morgan fingerprint density at radius 1 is 1.07 bits per heavy atom. The van der Waals surface area contributed by atoms with Crippen LogP contribution >= 0.6 is 7.14 Å². The van der Waals surface area contributed by atoms with Crippen LogP contribution in [-0.4, -0.2) is 28.2 Å². The third kappa shape index (κ3) is 4.72. The molecule has 0 spiro atoms. The molecule has 0 unspecified atom stereocenters. The molecule has 8 nitrogen and oxygen atoms in total. The number of anilines is 4. The molecule has 0 atom stereocenters. The van der Waals surface area contributed by atoms with E-state index in [2.05, 4.69) is 20.6 Å². The van der Waals surface area contributed by atoms with Crippen LogP contribution < -0.4 is 15.9 Å². The molecule has 0 saturated carbocycles. The van der Waals surface area contributed by atoms with E-state index >= 15 is 0 Å². The number of nitrogens with zero attached hydrogens (tertiary/aromatic N) is 3. The van der Waals surface area contributed by atoms with Crippen molar-refractivity contribution in [2.45, 2.75) is 0 Å². The van der Waals surface area contributed by atoms with Crippen molar-refractivity contribution in [2.75, 3.05) is 24.0 Å². The molecule has 0 aliphatic rings. The largest absolute Gasteiger partial charge is 0.337 e. The number of benzene rings is 2. The third-order valence-electron chi connectivity index (χ3n) is 3.88. The molecule has 2 aromatic carbocycles. The summed E-state index contributed by atoms with van der Waals surface area (Å²) in [6.07, 6.45) is 0.912. The number of para-hydroxylation sites is 1. The highest BCUT2D eigenvalue weighted by molar-refractivity contribution is 7.70. The standard InChI is InChI=1S/C18H16F2N5O3P/c1-29(2,28)16-6-4-3-5-14(16)23-17-13(20)10-21-18(24-17)22-11-7-8-12(19)15(9-11)25(26)27/h3-10H,1-2H3,(H2,21,22,23,24). The van der Waals surface area contributed by atoms with Crippen LogP contribution in [0.1, 0.15) is 0 Å². The summed E-state index contributed by atoms with van der Waals surface area (Å²) >= 11 is 0. The van der Waals surface area contributed by atoms with Gasteiger partial charge in [0.1, 0.15) is 7.14 Å². The van der Waals surface area contributed by atoms with Gasteiger partial charge in [-0.1, -0.05) is 12.1 Å². The van der Waals surface area contributed by atoms with Gasteiger partial charge in [0.05, 0.1) is 16.8 Å². The molecule has 1 heterocycles. The summed E-state index contributed by atoms with van der Waals surface area (Å²) < 4.78 is 40.2. The van der Waals surface area contributed by atoms with Crippen LogP contribution in [0.3, 0.4) is 0 Å². The van der Waals surface area contributed by atoms with Gasteiger partial charge in [0.25, 0.3) is 0 Å². The third-order valence-corrected chi connectivity index (χ3v) is 5.43. The van der Waals surface area contributed by atoms with E-state index in [0.29, 0.717) is 11.0 Å². The van der Waals surface area contributed by atoms with Crippen LogP contribution in [0, 0.1) is 21.7 Å². The fourth-order valence-electron chi connectivity index (χ4n) is 2.55. The lowest BCUT2D eigenvalue weighted by molar-refractivity contribution is -0.387. The first-order valence-electron chi connectivity index (χ1n) is 8.30. The lowest BCUT2D eigenvalue weighted by Gasteiger charge is -2.15. The van der Waals surface area contributed by atoms with Gasteiger partial charge in [0.2, 0.25) is 11.8 Å². The molecule has 2 N–H and O–H groups in total. The highest BCUT2D eigenvalue weighted by Gasteiger charge is 2.18. The summed E-state index contributed by atoms with van der Waals surface area (Å²) in [6, 6.07) is 9.94. The number of nitro groups is 1. The van der Waals surface area contributed by atoms with Crippen LogP contribution in [0.2, 0.25) is 0 Å². The molecule has 1 aromatic heterocycles. The molecular formula is C18H16F2N5O3P. The number of hydrogen-bond donors (Lipinski definition) is 2. The second kappa shape index (κ2) is 7.92. The summed E-state index contributed by atoms with van der Waals surface area (Å²) in [7, 11) is -2.64. The van der Waals surface area contributed by atoms with Crippen LogP contribution in [-0.2, 0) is 4.57 Å². The van der Waals surface area contributed by atoms with Crippen molar-refractivity contribution >= 4 is 41.3 Å². The molecular weight excluding hydrogens is 403 g/mol. The Kier molecular flexibility index (Phi) is 5.56. The van der Waals surface area contributed by atoms with Gasteiger partial charge in [-0.2, -0.15) is 9.37 Å². The lowest BCUT2D eigenvalue weighted by atomic mass is 10.2. The number of rotatable bonds is 6. The molecule has 0 aliphatic heterocycles. The van der Waals surface area contributed by atoms with Crippen LogP contribution in [0.25, 0.3) is 0 Å². The smallest absolute Gasteiger partial charge is 0.306 e. The van der Waals surface area contributed by atoms with Crippen LogP contribution in [0.15, 0.2) is 48.7 Å². The van der Waals surface area contributed by atoms with Gasteiger partial charge in [-0.05, 0) is 37.6 Å². The predicted octanol–water partition coefficient (Wildman–Crippen LogP) is 4.40. The zero-order chi connectivity index (χ0) is 21.2. The molecule has 0 fully saturated rings. The van der Waals surface area contributed by atoms with E-state index in [-0.39, 0.29) is 17.5 Å². The molecule has 3 aromatic rings. The maximum Gasteiger partial charge on any atom is 0.306 e. The molecule has 29 heavy (non-hydrogen) atoms. The Morgan fingerprint density at radius 2 is 1.79 bits per heavy atom. The summed E-state index contributed by atoms with van der Waals surface area (Å²) in [4.78, 5) is 17.8. The van der Waals surface area contributed by atoms with E-state index < -0.39 is 29.4 Å². The highest BCUT2D eigenvalue weighted by atomic mass is 31.2. The van der Waals surface area contributed by atoms with Crippen molar-refractivity contribution in [3.63, 3.8) is 0 Å². The van der Waals surface area contributed by atoms with Gasteiger partial charge < -0.3 is 15.2 Å². The molecule has 0 aliphatic carbocycles. The van der Waals surface area contributed by atoms with E-state index in [1.54, 1.807) is 37.6 Å². The van der Waals surface area contributed by atoms with Crippen molar-refractivity contribution in [2.24, 2.45) is 0 Å². The van der Waals surface area contributed by atoms with Crippen molar-refractivity contribution in [3.05, 3.63) is 70.4 Å². The van der Waals surface area contributed by atoms with Crippen molar-refractivity contribution in [1.29, 1.82) is 0 Å². The minimum Gasteiger partial charge on any atom is -0.337 e.